The molecule has 1 amide bonds. The van der Waals surface area contributed by atoms with Crippen LogP contribution in [0.3, 0.4) is 0 Å². The quantitative estimate of drug-likeness (QED) is 0.327. The first-order valence-corrected chi connectivity index (χ1v) is 10.4. The topological polar surface area (TPSA) is 92.4 Å². The van der Waals surface area contributed by atoms with Crippen molar-refractivity contribution >= 4 is 34.6 Å². The second-order valence-corrected chi connectivity index (χ2v) is 7.25. The Hall–Kier alpha value is -3.90. The van der Waals surface area contributed by atoms with Crippen molar-refractivity contribution in [1.29, 1.82) is 0 Å². The summed E-state index contributed by atoms with van der Waals surface area (Å²) in [5, 5.41) is 6.10. The van der Waals surface area contributed by atoms with E-state index in [-0.39, 0.29) is 5.91 Å². The van der Waals surface area contributed by atoms with Crippen molar-refractivity contribution in [3.63, 3.8) is 0 Å². The standard InChI is InChI=1S/C25H24ClN5O/c1-17-5-10-22(31-25(32)20-8-6-19(15-26)7-9-20)14-24(17)30-18(2)29-23(11-12-27)21-4-3-13-28-16-21/h3-14,16,30H,2,15,27H2,1H3,(H,31,32)/b12-11-,29-23+. The molecule has 3 rings (SSSR count). The molecule has 7 heteroatoms. The van der Waals surface area contributed by atoms with Crippen LogP contribution < -0.4 is 16.4 Å². The van der Waals surface area contributed by atoms with Crippen LogP contribution in [-0.4, -0.2) is 16.6 Å². The number of pyridine rings is 1. The van der Waals surface area contributed by atoms with Crippen molar-refractivity contribution < 1.29 is 4.79 Å². The number of hydrogen-bond acceptors (Lipinski definition) is 5. The zero-order valence-corrected chi connectivity index (χ0v) is 18.4. The Morgan fingerprint density at radius 1 is 1.16 bits per heavy atom. The van der Waals surface area contributed by atoms with Crippen molar-refractivity contribution in [2.24, 2.45) is 10.7 Å². The Morgan fingerprint density at radius 3 is 2.59 bits per heavy atom. The van der Waals surface area contributed by atoms with E-state index in [2.05, 4.69) is 27.2 Å². The molecule has 4 N–H and O–H groups in total. The molecule has 0 radical (unpaired) electrons. The van der Waals surface area contributed by atoms with Gasteiger partial charge in [-0.15, -0.1) is 11.6 Å². The second kappa shape index (κ2) is 10.9. The number of carbonyl (C=O) groups excluding carboxylic acids is 1. The zero-order chi connectivity index (χ0) is 22.9. The highest BCUT2D eigenvalue weighted by Gasteiger charge is 2.09. The smallest absolute Gasteiger partial charge is 0.255 e. The number of aryl methyl sites for hydroxylation is 1. The zero-order valence-electron chi connectivity index (χ0n) is 17.7. The van der Waals surface area contributed by atoms with E-state index in [1.165, 1.54) is 6.20 Å². The lowest BCUT2D eigenvalue weighted by atomic mass is 10.1. The maximum Gasteiger partial charge on any atom is 0.255 e. The van der Waals surface area contributed by atoms with Crippen LogP contribution in [0.4, 0.5) is 11.4 Å². The van der Waals surface area contributed by atoms with Gasteiger partial charge in [0, 0.05) is 40.8 Å². The SMILES string of the molecule is C=C(/N=C(\C=C/N)c1cccnc1)Nc1cc(NC(=O)c2ccc(CCl)cc2)ccc1C. The third-order valence-electron chi connectivity index (χ3n) is 4.61. The van der Waals surface area contributed by atoms with Gasteiger partial charge in [0.2, 0.25) is 0 Å². The molecule has 0 aliphatic heterocycles. The van der Waals surface area contributed by atoms with Crippen molar-refractivity contribution in [3.8, 4) is 0 Å². The van der Waals surface area contributed by atoms with Gasteiger partial charge in [-0.05, 0) is 66.7 Å². The van der Waals surface area contributed by atoms with E-state index >= 15 is 0 Å². The van der Waals surface area contributed by atoms with Crippen LogP contribution in [-0.2, 0) is 5.88 Å². The summed E-state index contributed by atoms with van der Waals surface area (Å²) in [4.78, 5) is 21.2. The molecule has 2 aromatic carbocycles. The van der Waals surface area contributed by atoms with Crippen molar-refractivity contribution in [2.45, 2.75) is 12.8 Å². The molecule has 3 aromatic rings. The number of rotatable bonds is 8. The minimum atomic E-state index is -0.204. The largest absolute Gasteiger partial charge is 0.405 e. The van der Waals surface area contributed by atoms with Gasteiger partial charge in [0.25, 0.3) is 5.91 Å². The second-order valence-electron chi connectivity index (χ2n) is 6.98. The Labute approximate surface area is 192 Å². The number of nitrogens with two attached hydrogens (primary N) is 1. The van der Waals surface area contributed by atoms with Crippen LogP contribution >= 0.6 is 11.6 Å². The summed E-state index contributed by atoms with van der Waals surface area (Å²) in [6.45, 7) is 5.96. The van der Waals surface area contributed by atoms with Gasteiger partial charge in [0.15, 0.2) is 0 Å². The number of nitrogens with zero attached hydrogens (tertiary/aromatic N) is 2. The van der Waals surface area contributed by atoms with E-state index < -0.39 is 0 Å². The molecular weight excluding hydrogens is 422 g/mol. The molecule has 0 saturated heterocycles. The van der Waals surface area contributed by atoms with E-state index in [0.717, 1.165) is 22.4 Å². The molecule has 32 heavy (non-hydrogen) atoms. The monoisotopic (exact) mass is 445 g/mol. The third kappa shape index (κ3) is 6.06. The maximum atomic E-state index is 12.6. The molecule has 0 atom stereocenters. The summed E-state index contributed by atoms with van der Waals surface area (Å²) in [5.41, 5.74) is 10.9. The van der Waals surface area contributed by atoms with E-state index in [0.29, 0.717) is 28.7 Å². The van der Waals surface area contributed by atoms with E-state index in [1.807, 2.05) is 49.4 Å². The number of aliphatic imine (C=N–C) groups is 1. The maximum absolute atomic E-state index is 12.6. The summed E-state index contributed by atoms with van der Waals surface area (Å²) < 4.78 is 0. The van der Waals surface area contributed by atoms with Gasteiger partial charge in [-0.3, -0.25) is 9.78 Å². The summed E-state index contributed by atoms with van der Waals surface area (Å²) in [5.74, 6) is 0.625. The van der Waals surface area contributed by atoms with Crippen LogP contribution in [0.1, 0.15) is 27.0 Å². The lowest BCUT2D eigenvalue weighted by Crippen LogP contribution is -2.12. The van der Waals surface area contributed by atoms with Gasteiger partial charge >= 0.3 is 0 Å². The number of carbonyl (C=O) groups is 1. The average Bonchev–Trinajstić information content (AvgIpc) is 2.81. The number of amides is 1. The first kappa shape index (κ1) is 22.8. The van der Waals surface area contributed by atoms with Gasteiger partial charge in [0.1, 0.15) is 5.82 Å². The molecule has 0 aliphatic carbocycles. The Kier molecular flexibility index (Phi) is 7.78. The summed E-state index contributed by atoms with van der Waals surface area (Å²) in [6.07, 6.45) is 6.49. The number of halogens is 1. The molecule has 6 nitrogen and oxygen atoms in total. The minimum Gasteiger partial charge on any atom is -0.405 e. The lowest BCUT2D eigenvalue weighted by molar-refractivity contribution is 0.102. The fourth-order valence-corrected chi connectivity index (χ4v) is 3.09. The molecule has 0 saturated carbocycles. The predicted octanol–water partition coefficient (Wildman–Crippen LogP) is 5.23. The highest BCUT2D eigenvalue weighted by atomic mass is 35.5. The van der Waals surface area contributed by atoms with Gasteiger partial charge < -0.3 is 16.4 Å². The first-order valence-electron chi connectivity index (χ1n) is 9.90. The van der Waals surface area contributed by atoms with Gasteiger partial charge in [0.05, 0.1) is 5.71 Å². The normalized spacial score (nSPS) is 11.4. The van der Waals surface area contributed by atoms with Crippen LogP contribution in [0.15, 0.2) is 96.7 Å². The number of anilines is 2. The third-order valence-corrected chi connectivity index (χ3v) is 4.92. The van der Waals surface area contributed by atoms with Crippen molar-refractivity contribution in [2.75, 3.05) is 10.6 Å². The predicted molar refractivity (Wildman–Crippen MR) is 132 cm³/mol. The van der Waals surface area contributed by atoms with Crippen LogP contribution in [0.25, 0.3) is 0 Å². The average molecular weight is 446 g/mol. The lowest BCUT2D eigenvalue weighted by Gasteiger charge is -2.13. The molecule has 0 unspecified atom stereocenters. The number of alkyl halides is 1. The number of benzene rings is 2. The van der Waals surface area contributed by atoms with Crippen molar-refractivity contribution in [1.82, 2.24) is 4.98 Å². The molecule has 0 spiro atoms. The Balaban J connectivity index is 1.76. The van der Waals surface area contributed by atoms with Crippen LogP contribution in [0.2, 0.25) is 0 Å². The molecule has 0 fully saturated rings. The fourth-order valence-electron chi connectivity index (χ4n) is 2.92. The summed E-state index contributed by atoms with van der Waals surface area (Å²) >= 11 is 5.81. The number of allylic oxidation sites excluding steroid dienone is 1. The molecule has 1 aromatic heterocycles. The van der Waals surface area contributed by atoms with Crippen molar-refractivity contribution in [3.05, 3.63) is 114 Å². The van der Waals surface area contributed by atoms with E-state index in [1.54, 1.807) is 30.6 Å². The molecule has 0 bridgehead atoms. The Bertz CT molecular complexity index is 1150. The minimum absolute atomic E-state index is 0.204. The number of aromatic nitrogens is 1. The van der Waals surface area contributed by atoms with Crippen LogP contribution in [0.5, 0.6) is 0 Å². The van der Waals surface area contributed by atoms with Gasteiger partial charge in [-0.25, -0.2) is 4.99 Å². The van der Waals surface area contributed by atoms with E-state index in [4.69, 9.17) is 17.3 Å². The number of nitrogens with one attached hydrogen (secondary N) is 2. The highest BCUT2D eigenvalue weighted by molar-refractivity contribution is 6.17. The van der Waals surface area contributed by atoms with Gasteiger partial charge in [-0.1, -0.05) is 24.8 Å². The highest BCUT2D eigenvalue weighted by Crippen LogP contribution is 2.23. The van der Waals surface area contributed by atoms with E-state index in [9.17, 15) is 4.79 Å². The van der Waals surface area contributed by atoms with Crippen LogP contribution in [0, 0.1) is 6.92 Å². The molecule has 0 aliphatic rings. The fraction of sp³-hybridized carbons (Fsp3) is 0.0800. The Morgan fingerprint density at radius 2 is 1.94 bits per heavy atom. The summed E-state index contributed by atoms with van der Waals surface area (Å²) in [7, 11) is 0. The number of hydrogen-bond donors (Lipinski definition) is 3. The molecule has 1 heterocycles. The van der Waals surface area contributed by atoms with Gasteiger partial charge in [-0.2, -0.15) is 0 Å². The molecular formula is C25H24ClN5O. The molecule has 162 valence electrons. The summed E-state index contributed by atoms with van der Waals surface area (Å²) in [6, 6.07) is 16.5. The first-order chi connectivity index (χ1) is 15.5.